The average molecular weight is 295 g/mol. The van der Waals surface area contributed by atoms with E-state index in [1.807, 2.05) is 0 Å². The molecule has 2 N–H and O–H groups in total. The van der Waals surface area contributed by atoms with Gasteiger partial charge in [-0.2, -0.15) is 0 Å². The molecule has 1 unspecified atom stereocenters. The van der Waals surface area contributed by atoms with Gasteiger partial charge >= 0.3 is 0 Å². The highest BCUT2D eigenvalue weighted by atomic mass is 127. The van der Waals surface area contributed by atoms with Gasteiger partial charge in [0.25, 0.3) is 0 Å². The van der Waals surface area contributed by atoms with Crippen molar-refractivity contribution in [1.29, 1.82) is 0 Å². The van der Waals surface area contributed by atoms with Crippen molar-refractivity contribution < 1.29 is 9.13 Å². The minimum Gasteiger partial charge on any atom is -0.383 e. The summed E-state index contributed by atoms with van der Waals surface area (Å²) >= 11 is 2.07. The van der Waals surface area contributed by atoms with E-state index in [9.17, 15) is 4.39 Å². The Morgan fingerprint density at radius 1 is 1.62 bits per heavy atom. The van der Waals surface area contributed by atoms with Crippen LogP contribution >= 0.6 is 22.6 Å². The molecule has 0 radical (unpaired) electrons. The first-order valence-electron chi connectivity index (χ1n) is 3.84. The monoisotopic (exact) mass is 295 g/mol. The van der Waals surface area contributed by atoms with Crippen LogP contribution in [-0.4, -0.2) is 13.7 Å². The van der Waals surface area contributed by atoms with Crippen molar-refractivity contribution in [3.63, 3.8) is 0 Å². The molecule has 1 aromatic carbocycles. The molecule has 0 amide bonds. The number of rotatable bonds is 3. The molecule has 0 fully saturated rings. The summed E-state index contributed by atoms with van der Waals surface area (Å²) in [4.78, 5) is 0. The van der Waals surface area contributed by atoms with Crippen LogP contribution in [0.3, 0.4) is 0 Å². The van der Waals surface area contributed by atoms with E-state index in [2.05, 4.69) is 22.6 Å². The second-order valence-corrected chi connectivity index (χ2v) is 3.89. The molecule has 0 heterocycles. The molecule has 13 heavy (non-hydrogen) atoms. The van der Waals surface area contributed by atoms with Gasteiger partial charge < -0.3 is 10.5 Å². The molecule has 1 rings (SSSR count). The number of hydrogen-bond acceptors (Lipinski definition) is 2. The summed E-state index contributed by atoms with van der Waals surface area (Å²) in [6.45, 7) is 0.446. The summed E-state index contributed by atoms with van der Waals surface area (Å²) in [6.07, 6.45) is 0. The van der Waals surface area contributed by atoms with Gasteiger partial charge in [-0.15, -0.1) is 0 Å². The summed E-state index contributed by atoms with van der Waals surface area (Å²) in [5, 5.41) is 0. The van der Waals surface area contributed by atoms with E-state index >= 15 is 0 Å². The fourth-order valence-electron chi connectivity index (χ4n) is 1.07. The van der Waals surface area contributed by atoms with E-state index in [1.54, 1.807) is 13.2 Å². The van der Waals surface area contributed by atoms with Crippen molar-refractivity contribution >= 4 is 22.6 Å². The average Bonchev–Trinajstić information content (AvgIpc) is 2.04. The van der Waals surface area contributed by atoms with E-state index in [0.29, 0.717) is 6.61 Å². The quantitative estimate of drug-likeness (QED) is 0.867. The number of halogens is 2. The van der Waals surface area contributed by atoms with E-state index in [1.165, 1.54) is 12.1 Å². The zero-order valence-corrected chi connectivity index (χ0v) is 9.42. The molecular weight excluding hydrogens is 284 g/mol. The van der Waals surface area contributed by atoms with Gasteiger partial charge in [0.1, 0.15) is 5.82 Å². The lowest BCUT2D eigenvalue weighted by Gasteiger charge is -2.12. The predicted octanol–water partition coefficient (Wildman–Crippen LogP) is 2.08. The molecular formula is C9H11FINO. The normalized spacial score (nSPS) is 12.9. The van der Waals surface area contributed by atoms with Crippen molar-refractivity contribution in [2.24, 2.45) is 5.73 Å². The van der Waals surface area contributed by atoms with Gasteiger partial charge in [0, 0.05) is 10.7 Å². The Balaban J connectivity index is 2.88. The Kier molecular flexibility index (Phi) is 4.08. The number of ether oxygens (including phenoxy) is 1. The lowest BCUT2D eigenvalue weighted by Crippen LogP contribution is -2.17. The lowest BCUT2D eigenvalue weighted by molar-refractivity contribution is 0.180. The maximum absolute atomic E-state index is 12.7. The van der Waals surface area contributed by atoms with Crippen molar-refractivity contribution in [1.82, 2.24) is 0 Å². The maximum Gasteiger partial charge on any atom is 0.124 e. The van der Waals surface area contributed by atoms with Crippen molar-refractivity contribution in [3.8, 4) is 0 Å². The van der Waals surface area contributed by atoms with Gasteiger partial charge in [0.15, 0.2) is 0 Å². The van der Waals surface area contributed by atoms with Crippen molar-refractivity contribution in [2.45, 2.75) is 6.04 Å². The fraction of sp³-hybridized carbons (Fsp3) is 0.333. The van der Waals surface area contributed by atoms with Crippen LogP contribution in [0.4, 0.5) is 4.39 Å². The molecule has 4 heteroatoms. The standard InChI is InChI=1S/C9H11FINO/c1-13-5-9(12)7-3-2-6(10)4-8(7)11/h2-4,9H,5,12H2,1H3. The minimum atomic E-state index is -0.238. The molecule has 2 nitrogen and oxygen atoms in total. The largest absolute Gasteiger partial charge is 0.383 e. The molecule has 0 spiro atoms. The highest BCUT2D eigenvalue weighted by Crippen LogP contribution is 2.19. The highest BCUT2D eigenvalue weighted by molar-refractivity contribution is 14.1. The van der Waals surface area contributed by atoms with Gasteiger partial charge in [0.05, 0.1) is 12.6 Å². The van der Waals surface area contributed by atoms with Gasteiger partial charge in [-0.05, 0) is 40.3 Å². The van der Waals surface area contributed by atoms with E-state index in [-0.39, 0.29) is 11.9 Å². The number of methoxy groups -OCH3 is 1. The molecule has 0 saturated carbocycles. The third kappa shape index (κ3) is 2.89. The van der Waals surface area contributed by atoms with Crippen LogP contribution in [0.1, 0.15) is 11.6 Å². The third-order valence-electron chi connectivity index (χ3n) is 1.71. The van der Waals surface area contributed by atoms with E-state index in [4.69, 9.17) is 10.5 Å². The Hall–Kier alpha value is -0.200. The van der Waals surface area contributed by atoms with Crippen LogP contribution in [0.2, 0.25) is 0 Å². The lowest BCUT2D eigenvalue weighted by atomic mass is 10.1. The SMILES string of the molecule is COCC(N)c1ccc(F)cc1I. The molecule has 72 valence electrons. The Labute approximate surface area is 90.4 Å². The third-order valence-corrected chi connectivity index (χ3v) is 2.64. The molecule has 0 aliphatic carbocycles. The molecule has 0 aliphatic heterocycles. The molecule has 0 saturated heterocycles. The van der Waals surface area contributed by atoms with Gasteiger partial charge in [0.2, 0.25) is 0 Å². The van der Waals surface area contributed by atoms with Crippen LogP contribution < -0.4 is 5.73 Å². The summed E-state index contributed by atoms with van der Waals surface area (Å²) in [5.74, 6) is -0.238. The topological polar surface area (TPSA) is 35.2 Å². The van der Waals surface area contributed by atoms with Crippen molar-refractivity contribution in [3.05, 3.63) is 33.1 Å². The highest BCUT2D eigenvalue weighted by Gasteiger charge is 2.09. The van der Waals surface area contributed by atoms with Gasteiger partial charge in [-0.25, -0.2) is 4.39 Å². The minimum absolute atomic E-state index is 0.183. The molecule has 1 aromatic rings. The fourth-order valence-corrected chi connectivity index (χ4v) is 1.95. The van der Waals surface area contributed by atoms with Crippen molar-refractivity contribution in [2.75, 3.05) is 13.7 Å². The molecule has 0 aromatic heterocycles. The van der Waals surface area contributed by atoms with Gasteiger partial charge in [-0.3, -0.25) is 0 Å². The molecule has 0 bridgehead atoms. The summed E-state index contributed by atoms with van der Waals surface area (Å²) < 4.78 is 18.5. The summed E-state index contributed by atoms with van der Waals surface area (Å²) in [7, 11) is 1.59. The zero-order valence-electron chi connectivity index (χ0n) is 7.26. The number of benzene rings is 1. The number of hydrogen-bond donors (Lipinski definition) is 1. The summed E-state index contributed by atoms with van der Waals surface area (Å²) in [6, 6.07) is 4.39. The first-order chi connectivity index (χ1) is 6.15. The van der Waals surface area contributed by atoms with Crippen LogP contribution in [0.25, 0.3) is 0 Å². The van der Waals surface area contributed by atoms with Crippen LogP contribution in [0.5, 0.6) is 0 Å². The maximum atomic E-state index is 12.7. The first kappa shape index (κ1) is 10.9. The second kappa shape index (κ2) is 4.88. The predicted molar refractivity (Wildman–Crippen MR) is 57.9 cm³/mol. The Morgan fingerprint density at radius 2 is 2.31 bits per heavy atom. The molecule has 1 atom stereocenters. The molecule has 0 aliphatic rings. The van der Waals surface area contributed by atoms with E-state index < -0.39 is 0 Å². The first-order valence-corrected chi connectivity index (χ1v) is 4.92. The Morgan fingerprint density at radius 3 is 2.85 bits per heavy atom. The zero-order chi connectivity index (χ0) is 9.84. The second-order valence-electron chi connectivity index (χ2n) is 2.73. The smallest absolute Gasteiger partial charge is 0.124 e. The Bertz CT molecular complexity index is 293. The number of nitrogens with two attached hydrogens (primary N) is 1. The van der Waals surface area contributed by atoms with Crippen LogP contribution in [-0.2, 0) is 4.74 Å². The summed E-state index contributed by atoms with van der Waals surface area (Å²) in [5.41, 5.74) is 6.72. The van der Waals surface area contributed by atoms with Crippen LogP contribution in [0, 0.1) is 9.39 Å². The van der Waals surface area contributed by atoms with Gasteiger partial charge in [-0.1, -0.05) is 6.07 Å². The van der Waals surface area contributed by atoms with Crippen LogP contribution in [0.15, 0.2) is 18.2 Å². The van der Waals surface area contributed by atoms with E-state index in [0.717, 1.165) is 9.13 Å².